The van der Waals surface area contributed by atoms with Crippen molar-refractivity contribution < 1.29 is 9.18 Å². The minimum atomic E-state index is -0.252. The van der Waals surface area contributed by atoms with Crippen LogP contribution in [0.1, 0.15) is 12.6 Å². The molecule has 3 aromatic heterocycles. The number of carbonyl (C=O) groups excluding carboxylic acids is 1. The number of nitrogens with one attached hydrogen (secondary N) is 1. The molecule has 0 fully saturated rings. The van der Waals surface area contributed by atoms with Gasteiger partial charge in [-0.1, -0.05) is 23.9 Å². The molecule has 0 aliphatic heterocycles. The zero-order valence-electron chi connectivity index (χ0n) is 14.1. The van der Waals surface area contributed by atoms with Crippen LogP contribution in [-0.2, 0) is 10.5 Å². The van der Waals surface area contributed by atoms with Gasteiger partial charge in [-0.15, -0.1) is 22.7 Å². The molecule has 0 bridgehead atoms. The molecule has 0 saturated heterocycles. The Bertz CT molecular complexity index is 1110. The first kappa shape index (κ1) is 18.0. The van der Waals surface area contributed by atoms with Crippen molar-refractivity contribution in [2.45, 2.75) is 17.7 Å². The molecular formula is C18H13FN4OS3. The van der Waals surface area contributed by atoms with E-state index in [0.29, 0.717) is 10.9 Å². The van der Waals surface area contributed by atoms with Crippen molar-refractivity contribution in [3.05, 3.63) is 53.6 Å². The number of nitrogens with zero attached hydrogens (tertiary/aromatic N) is 3. The summed E-state index contributed by atoms with van der Waals surface area (Å²) in [6, 6.07) is 8.43. The first-order valence-electron chi connectivity index (χ1n) is 7.94. The van der Waals surface area contributed by atoms with Gasteiger partial charge in [0.2, 0.25) is 5.91 Å². The average molecular weight is 417 g/mol. The van der Waals surface area contributed by atoms with Crippen LogP contribution in [-0.4, -0.2) is 20.9 Å². The molecule has 4 aromatic rings. The van der Waals surface area contributed by atoms with E-state index in [2.05, 4.69) is 20.3 Å². The van der Waals surface area contributed by atoms with Gasteiger partial charge in [-0.05, 0) is 23.8 Å². The Morgan fingerprint density at radius 2 is 2.07 bits per heavy atom. The summed E-state index contributed by atoms with van der Waals surface area (Å²) < 4.78 is 14.2. The molecule has 1 amide bonds. The third-order valence-corrected chi connectivity index (χ3v) is 6.74. The average Bonchev–Trinajstić information content (AvgIpc) is 3.27. The van der Waals surface area contributed by atoms with E-state index in [1.807, 2.05) is 11.4 Å². The highest BCUT2D eigenvalue weighted by Crippen LogP contribution is 2.37. The summed E-state index contributed by atoms with van der Waals surface area (Å²) in [6.45, 7) is 1.46. The zero-order valence-corrected chi connectivity index (χ0v) is 16.6. The van der Waals surface area contributed by atoms with E-state index in [0.717, 1.165) is 31.4 Å². The van der Waals surface area contributed by atoms with E-state index in [1.54, 1.807) is 41.6 Å². The molecule has 1 aromatic carbocycles. The van der Waals surface area contributed by atoms with Gasteiger partial charge in [0.15, 0.2) is 5.13 Å². The number of rotatable bonds is 5. The van der Waals surface area contributed by atoms with Crippen LogP contribution in [0.5, 0.6) is 0 Å². The highest BCUT2D eigenvalue weighted by Gasteiger charge is 2.12. The second kappa shape index (κ2) is 7.71. The van der Waals surface area contributed by atoms with Crippen LogP contribution in [0.2, 0.25) is 0 Å². The number of aromatic nitrogens is 3. The van der Waals surface area contributed by atoms with Gasteiger partial charge in [0.1, 0.15) is 17.2 Å². The molecule has 0 spiro atoms. The van der Waals surface area contributed by atoms with Gasteiger partial charge in [0.25, 0.3) is 0 Å². The summed E-state index contributed by atoms with van der Waals surface area (Å²) in [7, 11) is 0. The molecule has 3 heterocycles. The fraction of sp³-hybridized carbons (Fsp3) is 0.111. The predicted octanol–water partition coefficient (Wildman–Crippen LogP) is 5.20. The lowest BCUT2D eigenvalue weighted by Crippen LogP contribution is -2.05. The summed E-state index contributed by atoms with van der Waals surface area (Å²) in [4.78, 5) is 25.3. The second-order valence-corrected chi connectivity index (χ2v) is 8.50. The smallest absolute Gasteiger partial charge is 0.223 e. The van der Waals surface area contributed by atoms with Crippen LogP contribution in [0.15, 0.2) is 47.1 Å². The van der Waals surface area contributed by atoms with Crippen molar-refractivity contribution in [2.75, 3.05) is 5.32 Å². The molecule has 1 N–H and O–H groups in total. The van der Waals surface area contributed by atoms with Gasteiger partial charge >= 0.3 is 0 Å². The maximum absolute atomic E-state index is 13.2. The van der Waals surface area contributed by atoms with Crippen LogP contribution >= 0.6 is 34.4 Å². The van der Waals surface area contributed by atoms with Crippen LogP contribution in [0.3, 0.4) is 0 Å². The molecule has 136 valence electrons. The van der Waals surface area contributed by atoms with Gasteiger partial charge in [0.05, 0.1) is 15.9 Å². The molecule has 4 rings (SSSR count). The number of thioether (sulfide) groups is 1. The number of halogens is 1. The standard InChI is InChI=1S/C18H13FN4OS3/c1-10(24)22-18-23-13(8-26-18)7-25-17-16-14(20-9-21-17)6-15(27-16)11-2-4-12(19)5-3-11/h2-6,8-9H,7H2,1H3,(H,22,23,24). The monoisotopic (exact) mass is 416 g/mol. The Hall–Kier alpha value is -2.36. The summed E-state index contributed by atoms with van der Waals surface area (Å²) in [5, 5.41) is 6.09. The number of thiophene rings is 1. The molecule has 0 atom stereocenters. The molecule has 0 unspecified atom stereocenters. The highest BCUT2D eigenvalue weighted by molar-refractivity contribution is 7.98. The van der Waals surface area contributed by atoms with Crippen molar-refractivity contribution in [3.8, 4) is 10.4 Å². The minimum absolute atomic E-state index is 0.132. The van der Waals surface area contributed by atoms with Gasteiger partial charge in [0, 0.05) is 22.9 Å². The molecule has 0 radical (unpaired) electrons. The van der Waals surface area contributed by atoms with Gasteiger partial charge in [-0.25, -0.2) is 19.3 Å². The quantitative estimate of drug-likeness (QED) is 0.358. The summed E-state index contributed by atoms with van der Waals surface area (Å²) in [6.07, 6.45) is 1.55. The molecule has 0 aliphatic carbocycles. The van der Waals surface area contributed by atoms with Crippen LogP contribution in [0.25, 0.3) is 20.7 Å². The van der Waals surface area contributed by atoms with Crippen molar-refractivity contribution in [1.29, 1.82) is 0 Å². The van der Waals surface area contributed by atoms with E-state index in [9.17, 15) is 9.18 Å². The van der Waals surface area contributed by atoms with E-state index in [-0.39, 0.29) is 11.7 Å². The normalized spacial score (nSPS) is 11.0. The highest BCUT2D eigenvalue weighted by atomic mass is 32.2. The number of amides is 1. The predicted molar refractivity (Wildman–Crippen MR) is 109 cm³/mol. The van der Waals surface area contributed by atoms with Gasteiger partial charge in [-0.3, -0.25) is 4.79 Å². The van der Waals surface area contributed by atoms with Crippen molar-refractivity contribution in [2.24, 2.45) is 0 Å². The van der Waals surface area contributed by atoms with E-state index >= 15 is 0 Å². The Labute approximate surface area is 166 Å². The van der Waals surface area contributed by atoms with Crippen molar-refractivity contribution >= 4 is 55.7 Å². The number of benzene rings is 1. The number of hydrogen-bond donors (Lipinski definition) is 1. The lowest BCUT2D eigenvalue weighted by molar-refractivity contribution is -0.114. The second-order valence-electron chi connectivity index (χ2n) is 5.62. The van der Waals surface area contributed by atoms with Crippen LogP contribution in [0, 0.1) is 5.82 Å². The summed E-state index contributed by atoms with van der Waals surface area (Å²) in [5.41, 5.74) is 2.71. The first-order valence-corrected chi connectivity index (χ1v) is 10.6. The largest absolute Gasteiger partial charge is 0.302 e. The minimum Gasteiger partial charge on any atom is -0.302 e. The molecular weight excluding hydrogens is 403 g/mol. The lowest BCUT2D eigenvalue weighted by atomic mass is 10.2. The molecule has 27 heavy (non-hydrogen) atoms. The van der Waals surface area contributed by atoms with E-state index < -0.39 is 0 Å². The maximum Gasteiger partial charge on any atom is 0.223 e. The first-order chi connectivity index (χ1) is 13.1. The number of carbonyl (C=O) groups is 1. The molecule has 0 saturated carbocycles. The third kappa shape index (κ3) is 4.15. The van der Waals surface area contributed by atoms with Gasteiger partial charge < -0.3 is 5.32 Å². The summed E-state index contributed by atoms with van der Waals surface area (Å²) >= 11 is 4.57. The van der Waals surface area contributed by atoms with Crippen molar-refractivity contribution in [3.63, 3.8) is 0 Å². The molecule has 5 nitrogen and oxygen atoms in total. The number of hydrogen-bond acceptors (Lipinski definition) is 7. The SMILES string of the molecule is CC(=O)Nc1nc(CSc2ncnc3cc(-c4ccc(F)cc4)sc23)cs1. The molecule has 0 aliphatic rings. The maximum atomic E-state index is 13.2. The fourth-order valence-corrected chi connectivity index (χ4v) is 5.37. The Kier molecular flexibility index (Phi) is 5.15. The van der Waals surface area contributed by atoms with Crippen molar-refractivity contribution in [1.82, 2.24) is 15.0 Å². The van der Waals surface area contributed by atoms with Gasteiger partial charge in [-0.2, -0.15) is 0 Å². The lowest BCUT2D eigenvalue weighted by Gasteiger charge is -2.00. The summed E-state index contributed by atoms with van der Waals surface area (Å²) in [5.74, 6) is 0.261. The fourth-order valence-electron chi connectivity index (χ4n) is 2.42. The Balaban J connectivity index is 1.56. The van der Waals surface area contributed by atoms with E-state index in [1.165, 1.54) is 30.4 Å². The Morgan fingerprint density at radius 1 is 1.26 bits per heavy atom. The zero-order chi connectivity index (χ0) is 18.8. The number of thiazole rings is 1. The van der Waals surface area contributed by atoms with Crippen LogP contribution in [0.4, 0.5) is 9.52 Å². The topological polar surface area (TPSA) is 67.8 Å². The third-order valence-electron chi connectivity index (χ3n) is 3.60. The Morgan fingerprint density at radius 3 is 2.85 bits per heavy atom. The molecule has 9 heteroatoms. The number of anilines is 1. The van der Waals surface area contributed by atoms with Crippen LogP contribution < -0.4 is 5.32 Å². The number of fused-ring (bicyclic) bond motifs is 1. The van der Waals surface area contributed by atoms with E-state index in [4.69, 9.17) is 0 Å².